The lowest BCUT2D eigenvalue weighted by molar-refractivity contribution is -0.147. The summed E-state index contributed by atoms with van der Waals surface area (Å²) in [5, 5.41) is 15.7. The van der Waals surface area contributed by atoms with Crippen LogP contribution in [-0.4, -0.2) is 38.5 Å². The number of hydrogen-bond donors (Lipinski definition) is 2. The number of aromatic nitrogens is 2. The quantitative estimate of drug-likeness (QED) is 0.780. The van der Waals surface area contributed by atoms with Gasteiger partial charge in [0.05, 0.1) is 11.6 Å². The van der Waals surface area contributed by atoms with Crippen LogP contribution in [0.5, 0.6) is 0 Å². The molecule has 2 N–H and O–H groups in total. The molecule has 1 aromatic heterocycles. The Balaban J connectivity index is 3.09. The molecule has 0 bridgehead atoms. The maximum atomic E-state index is 12.6. The third-order valence-electron chi connectivity index (χ3n) is 4.21. The van der Waals surface area contributed by atoms with Gasteiger partial charge in [0.2, 0.25) is 5.91 Å². The third kappa shape index (κ3) is 4.96. The first-order chi connectivity index (χ1) is 11.3. The van der Waals surface area contributed by atoms with Crippen LogP contribution in [0.1, 0.15) is 56.5 Å². The van der Waals surface area contributed by atoms with Crippen molar-refractivity contribution >= 4 is 11.9 Å². The Kier molecular flexibility index (Phi) is 6.25. The van der Waals surface area contributed by atoms with E-state index in [2.05, 4.69) is 10.4 Å². The van der Waals surface area contributed by atoms with Gasteiger partial charge in [0.15, 0.2) is 0 Å². The number of alkyl halides is 3. The van der Waals surface area contributed by atoms with Crippen molar-refractivity contribution in [3.05, 3.63) is 17.0 Å². The molecule has 0 spiro atoms. The van der Waals surface area contributed by atoms with E-state index in [1.807, 2.05) is 0 Å². The summed E-state index contributed by atoms with van der Waals surface area (Å²) in [5.74, 6) is -2.54. The summed E-state index contributed by atoms with van der Waals surface area (Å²) in [6, 6.07) is 0. The fourth-order valence-electron chi connectivity index (χ4n) is 2.90. The number of nitrogens with one attached hydrogen (secondary N) is 1. The molecule has 0 saturated carbocycles. The number of carboxylic acid groups (broad SMARTS) is 1. The molecule has 1 aromatic rings. The maximum absolute atomic E-state index is 12.6. The van der Waals surface area contributed by atoms with E-state index in [-0.39, 0.29) is 12.1 Å². The van der Waals surface area contributed by atoms with E-state index in [9.17, 15) is 27.9 Å². The second-order valence-electron chi connectivity index (χ2n) is 6.46. The standard InChI is InChI=1S/C16H24F3N3O3/c1-6-7-15(5,14(24)25)20-13(23)9(2)12-10(3)21-22(11(12)4)8-16(17,18)19/h9H,6-8H2,1-5H3,(H,20,23)(H,24,25). The van der Waals surface area contributed by atoms with Gasteiger partial charge in [-0.1, -0.05) is 13.3 Å². The van der Waals surface area contributed by atoms with Gasteiger partial charge in [-0.15, -0.1) is 0 Å². The van der Waals surface area contributed by atoms with Gasteiger partial charge in [0.1, 0.15) is 12.1 Å². The Morgan fingerprint density at radius 3 is 2.32 bits per heavy atom. The summed E-state index contributed by atoms with van der Waals surface area (Å²) in [6.07, 6.45) is -3.62. The molecule has 0 aromatic carbocycles. The summed E-state index contributed by atoms with van der Waals surface area (Å²) >= 11 is 0. The Hall–Kier alpha value is -2.06. The maximum Gasteiger partial charge on any atom is 0.408 e. The van der Waals surface area contributed by atoms with E-state index in [4.69, 9.17) is 0 Å². The van der Waals surface area contributed by atoms with Crippen molar-refractivity contribution in [3.8, 4) is 0 Å². The molecule has 25 heavy (non-hydrogen) atoms. The van der Waals surface area contributed by atoms with E-state index in [1.165, 1.54) is 27.7 Å². The van der Waals surface area contributed by atoms with Crippen LogP contribution in [0.4, 0.5) is 13.2 Å². The summed E-state index contributed by atoms with van der Waals surface area (Å²) < 4.78 is 38.7. The molecule has 0 saturated heterocycles. The molecule has 0 aliphatic carbocycles. The van der Waals surface area contributed by atoms with Gasteiger partial charge in [-0.05, 0) is 34.1 Å². The summed E-state index contributed by atoms with van der Waals surface area (Å²) in [6.45, 7) is 6.49. The summed E-state index contributed by atoms with van der Waals surface area (Å²) in [7, 11) is 0. The molecule has 142 valence electrons. The van der Waals surface area contributed by atoms with E-state index in [0.29, 0.717) is 17.7 Å². The van der Waals surface area contributed by atoms with Crippen molar-refractivity contribution in [1.29, 1.82) is 0 Å². The first kappa shape index (κ1) is 21.0. The van der Waals surface area contributed by atoms with Crippen molar-refractivity contribution < 1.29 is 27.9 Å². The van der Waals surface area contributed by atoms with Crippen LogP contribution in [0.3, 0.4) is 0 Å². The average molecular weight is 363 g/mol. The van der Waals surface area contributed by atoms with Gasteiger partial charge in [0.25, 0.3) is 0 Å². The number of amides is 1. The first-order valence-corrected chi connectivity index (χ1v) is 7.98. The van der Waals surface area contributed by atoms with E-state index >= 15 is 0 Å². The number of halogens is 3. The van der Waals surface area contributed by atoms with E-state index in [0.717, 1.165) is 4.68 Å². The van der Waals surface area contributed by atoms with E-state index < -0.39 is 36.1 Å². The highest BCUT2D eigenvalue weighted by Crippen LogP contribution is 2.27. The number of aryl methyl sites for hydroxylation is 1. The van der Waals surface area contributed by atoms with Gasteiger partial charge >= 0.3 is 12.1 Å². The molecule has 2 unspecified atom stereocenters. The zero-order valence-corrected chi connectivity index (χ0v) is 15.0. The van der Waals surface area contributed by atoms with Gasteiger partial charge in [-0.25, -0.2) is 4.79 Å². The molecule has 1 amide bonds. The van der Waals surface area contributed by atoms with Crippen molar-refractivity contribution in [2.75, 3.05) is 0 Å². The Labute approximate surface area is 144 Å². The normalized spacial score (nSPS) is 15.5. The molecule has 9 heteroatoms. The molecule has 0 aliphatic rings. The number of carbonyl (C=O) groups is 2. The minimum atomic E-state index is -4.42. The second-order valence-corrected chi connectivity index (χ2v) is 6.46. The highest BCUT2D eigenvalue weighted by molar-refractivity contribution is 5.90. The number of hydrogen-bond acceptors (Lipinski definition) is 3. The second kappa shape index (κ2) is 7.45. The SMILES string of the molecule is CCCC(C)(NC(=O)C(C)c1c(C)nn(CC(F)(F)F)c1C)C(=O)O. The van der Waals surface area contributed by atoms with Crippen LogP contribution in [0, 0.1) is 13.8 Å². The third-order valence-corrected chi connectivity index (χ3v) is 4.21. The number of rotatable bonds is 7. The molecule has 0 fully saturated rings. The van der Waals surface area contributed by atoms with Crippen LogP contribution < -0.4 is 5.32 Å². The molecule has 0 aliphatic heterocycles. The minimum Gasteiger partial charge on any atom is -0.480 e. The smallest absolute Gasteiger partial charge is 0.408 e. The van der Waals surface area contributed by atoms with Crippen molar-refractivity contribution in [1.82, 2.24) is 15.1 Å². The largest absolute Gasteiger partial charge is 0.480 e. The van der Waals surface area contributed by atoms with E-state index in [1.54, 1.807) is 6.92 Å². The molecule has 1 heterocycles. The van der Waals surface area contributed by atoms with Crippen molar-refractivity contribution in [3.63, 3.8) is 0 Å². The van der Waals surface area contributed by atoms with Crippen LogP contribution >= 0.6 is 0 Å². The summed E-state index contributed by atoms with van der Waals surface area (Å²) in [5.41, 5.74) is -0.489. The Morgan fingerprint density at radius 1 is 1.32 bits per heavy atom. The van der Waals surface area contributed by atoms with Gasteiger partial charge in [-0.2, -0.15) is 18.3 Å². The summed E-state index contributed by atoms with van der Waals surface area (Å²) in [4.78, 5) is 23.9. The van der Waals surface area contributed by atoms with Gasteiger partial charge in [-0.3, -0.25) is 9.48 Å². The lowest BCUT2D eigenvalue weighted by Gasteiger charge is -2.27. The lowest BCUT2D eigenvalue weighted by Crippen LogP contribution is -2.53. The number of carboxylic acids is 1. The predicted octanol–water partition coefficient (Wildman–Crippen LogP) is 2.93. The highest BCUT2D eigenvalue weighted by atomic mass is 19.4. The Bertz CT molecular complexity index is 655. The number of aliphatic carboxylic acids is 1. The topological polar surface area (TPSA) is 84.2 Å². The first-order valence-electron chi connectivity index (χ1n) is 7.98. The van der Waals surface area contributed by atoms with Crippen molar-refractivity contribution in [2.24, 2.45) is 0 Å². The molecule has 1 rings (SSSR count). The molecular formula is C16H24F3N3O3. The number of nitrogens with zero attached hydrogens (tertiary/aromatic N) is 2. The Morgan fingerprint density at radius 2 is 1.88 bits per heavy atom. The van der Waals surface area contributed by atoms with Crippen molar-refractivity contribution in [2.45, 2.75) is 71.6 Å². The average Bonchev–Trinajstić information content (AvgIpc) is 2.70. The van der Waals surface area contributed by atoms with Crippen LogP contribution in [0.2, 0.25) is 0 Å². The molecule has 2 atom stereocenters. The fraction of sp³-hybridized carbons (Fsp3) is 0.688. The highest BCUT2D eigenvalue weighted by Gasteiger charge is 2.37. The van der Waals surface area contributed by atoms with Gasteiger partial charge in [0, 0.05) is 11.3 Å². The molecule has 6 nitrogen and oxygen atoms in total. The predicted molar refractivity (Wildman–Crippen MR) is 85.3 cm³/mol. The fourth-order valence-corrected chi connectivity index (χ4v) is 2.90. The molecule has 0 radical (unpaired) electrons. The monoisotopic (exact) mass is 363 g/mol. The lowest BCUT2D eigenvalue weighted by atomic mass is 9.93. The van der Waals surface area contributed by atoms with Gasteiger partial charge < -0.3 is 10.4 Å². The zero-order chi connectivity index (χ0) is 19.6. The molecular weight excluding hydrogens is 339 g/mol. The van der Waals surface area contributed by atoms with Crippen LogP contribution in [0.25, 0.3) is 0 Å². The number of carbonyl (C=O) groups excluding carboxylic acids is 1. The van der Waals surface area contributed by atoms with Crippen LogP contribution in [0.15, 0.2) is 0 Å². The minimum absolute atomic E-state index is 0.241. The van der Waals surface area contributed by atoms with Crippen LogP contribution in [-0.2, 0) is 16.1 Å². The zero-order valence-electron chi connectivity index (χ0n) is 15.0.